The second kappa shape index (κ2) is 7.39. The minimum absolute atomic E-state index is 0.232. The molecule has 8 heteroatoms. The molecule has 8 nitrogen and oxygen atoms in total. The molecule has 0 aliphatic rings. The molecule has 0 spiro atoms. The number of nitrogens with one attached hydrogen (secondary N) is 2. The fraction of sp³-hybridized carbons (Fsp3) is 0.333. The minimum atomic E-state index is 0.232. The van der Waals surface area contributed by atoms with Crippen molar-refractivity contribution in [2.45, 2.75) is 31.6 Å². The van der Waals surface area contributed by atoms with E-state index in [1.54, 1.807) is 0 Å². The van der Waals surface area contributed by atoms with E-state index in [9.17, 15) is 0 Å². The van der Waals surface area contributed by atoms with Crippen LogP contribution in [0.2, 0.25) is 0 Å². The lowest BCUT2D eigenvalue weighted by Crippen LogP contribution is -2.07. The van der Waals surface area contributed by atoms with E-state index < -0.39 is 0 Å². The SMILES string of the molecule is C=Cc1ccc(CC(CCCc2nnn[nH]2)c2nnn[nH]2)cc1. The third-order valence-electron chi connectivity index (χ3n) is 3.80. The third kappa shape index (κ3) is 4.06. The molecule has 2 aromatic heterocycles. The summed E-state index contributed by atoms with van der Waals surface area (Å²) in [5, 5.41) is 28.2. The van der Waals surface area contributed by atoms with Crippen molar-refractivity contribution in [3.8, 4) is 0 Å². The van der Waals surface area contributed by atoms with Crippen molar-refractivity contribution in [2.24, 2.45) is 0 Å². The van der Waals surface area contributed by atoms with Crippen LogP contribution in [0.15, 0.2) is 30.8 Å². The molecule has 0 aliphatic carbocycles. The van der Waals surface area contributed by atoms with Gasteiger partial charge in [-0.2, -0.15) is 0 Å². The first kappa shape index (κ1) is 15.0. The number of aryl methyl sites for hydroxylation is 1. The summed E-state index contributed by atoms with van der Waals surface area (Å²) in [6.07, 6.45) is 5.42. The van der Waals surface area contributed by atoms with Gasteiger partial charge in [0.1, 0.15) is 5.82 Å². The Balaban J connectivity index is 1.64. The van der Waals surface area contributed by atoms with Crippen LogP contribution in [0.1, 0.15) is 41.5 Å². The lowest BCUT2D eigenvalue weighted by Gasteiger charge is -2.13. The average Bonchev–Trinajstić information content (AvgIpc) is 3.28. The zero-order valence-corrected chi connectivity index (χ0v) is 12.7. The number of hydrogen-bond donors (Lipinski definition) is 2. The number of aromatic amines is 2. The number of rotatable bonds is 8. The normalized spacial score (nSPS) is 12.2. The van der Waals surface area contributed by atoms with Gasteiger partial charge in [-0.1, -0.05) is 36.9 Å². The van der Waals surface area contributed by atoms with Crippen molar-refractivity contribution in [2.75, 3.05) is 0 Å². The predicted molar refractivity (Wildman–Crippen MR) is 84.3 cm³/mol. The summed E-state index contributed by atoms with van der Waals surface area (Å²) in [6.45, 7) is 3.78. The number of hydrogen-bond acceptors (Lipinski definition) is 6. The van der Waals surface area contributed by atoms with Gasteiger partial charge in [-0.3, -0.25) is 0 Å². The quantitative estimate of drug-likeness (QED) is 0.655. The van der Waals surface area contributed by atoms with E-state index in [2.05, 4.69) is 72.1 Å². The van der Waals surface area contributed by atoms with Gasteiger partial charge >= 0.3 is 0 Å². The molecule has 2 heterocycles. The Kier molecular flexibility index (Phi) is 4.82. The van der Waals surface area contributed by atoms with Gasteiger partial charge in [-0.05, 0) is 51.2 Å². The number of benzene rings is 1. The van der Waals surface area contributed by atoms with E-state index in [1.807, 2.05) is 6.08 Å². The Morgan fingerprint density at radius 2 is 1.83 bits per heavy atom. The van der Waals surface area contributed by atoms with E-state index in [4.69, 9.17) is 0 Å². The predicted octanol–water partition coefficient (Wildman–Crippen LogP) is 1.70. The monoisotopic (exact) mass is 310 g/mol. The van der Waals surface area contributed by atoms with E-state index in [0.29, 0.717) is 0 Å². The summed E-state index contributed by atoms with van der Waals surface area (Å²) in [6, 6.07) is 8.37. The van der Waals surface area contributed by atoms with Gasteiger partial charge in [0.2, 0.25) is 0 Å². The van der Waals surface area contributed by atoms with Gasteiger partial charge in [0.05, 0.1) is 0 Å². The van der Waals surface area contributed by atoms with E-state index in [0.717, 1.165) is 42.9 Å². The fourth-order valence-electron chi connectivity index (χ4n) is 2.55. The number of nitrogens with zero attached hydrogens (tertiary/aromatic N) is 6. The van der Waals surface area contributed by atoms with Gasteiger partial charge in [-0.15, -0.1) is 10.2 Å². The molecule has 0 radical (unpaired) electrons. The molecular formula is C15H18N8. The van der Waals surface area contributed by atoms with E-state index in [1.165, 1.54) is 5.56 Å². The molecule has 1 unspecified atom stereocenters. The third-order valence-corrected chi connectivity index (χ3v) is 3.80. The summed E-state index contributed by atoms with van der Waals surface area (Å²) in [7, 11) is 0. The molecule has 118 valence electrons. The molecule has 0 aliphatic heterocycles. The maximum atomic E-state index is 4.08. The summed E-state index contributed by atoms with van der Waals surface area (Å²) < 4.78 is 0. The Hall–Kier alpha value is -2.90. The topological polar surface area (TPSA) is 109 Å². The van der Waals surface area contributed by atoms with Crippen LogP contribution in [0.4, 0.5) is 0 Å². The molecule has 0 saturated carbocycles. The molecule has 0 amide bonds. The highest BCUT2D eigenvalue weighted by Crippen LogP contribution is 2.23. The summed E-state index contributed by atoms with van der Waals surface area (Å²) in [5.41, 5.74) is 2.36. The van der Waals surface area contributed by atoms with Gasteiger partial charge < -0.3 is 0 Å². The summed E-state index contributed by atoms with van der Waals surface area (Å²) in [5.74, 6) is 1.85. The first-order valence-electron chi connectivity index (χ1n) is 7.52. The Morgan fingerprint density at radius 1 is 1.04 bits per heavy atom. The zero-order chi connectivity index (χ0) is 15.9. The van der Waals surface area contributed by atoms with Crippen molar-refractivity contribution in [1.82, 2.24) is 41.2 Å². The molecule has 23 heavy (non-hydrogen) atoms. The fourth-order valence-corrected chi connectivity index (χ4v) is 2.55. The minimum Gasteiger partial charge on any atom is -0.243 e. The van der Waals surface area contributed by atoms with Crippen molar-refractivity contribution in [3.63, 3.8) is 0 Å². The van der Waals surface area contributed by atoms with Crippen molar-refractivity contribution in [3.05, 3.63) is 53.6 Å². The van der Waals surface area contributed by atoms with Crippen molar-refractivity contribution >= 4 is 6.08 Å². The first-order chi connectivity index (χ1) is 11.3. The first-order valence-corrected chi connectivity index (χ1v) is 7.52. The Labute approximate surface area is 133 Å². The highest BCUT2D eigenvalue weighted by Gasteiger charge is 2.16. The van der Waals surface area contributed by atoms with Gasteiger partial charge in [0.15, 0.2) is 5.82 Å². The van der Waals surface area contributed by atoms with Crippen molar-refractivity contribution in [1.29, 1.82) is 0 Å². The molecule has 0 bridgehead atoms. The standard InChI is InChI=1S/C15H18N8/c1-2-11-6-8-12(9-7-11)10-13(15-18-22-23-19-15)4-3-5-14-16-20-21-17-14/h2,6-9,13H,1,3-5,10H2,(H,16,17,20,21)(H,18,19,22,23). The maximum Gasteiger partial charge on any atom is 0.151 e. The second-order valence-electron chi connectivity index (χ2n) is 5.37. The van der Waals surface area contributed by atoms with Crippen LogP contribution in [0.3, 0.4) is 0 Å². The van der Waals surface area contributed by atoms with Crippen LogP contribution < -0.4 is 0 Å². The molecule has 3 aromatic rings. The van der Waals surface area contributed by atoms with Crippen LogP contribution in [0.25, 0.3) is 6.08 Å². The molecule has 3 rings (SSSR count). The van der Waals surface area contributed by atoms with Crippen LogP contribution in [-0.4, -0.2) is 41.2 Å². The molecule has 1 aromatic carbocycles. The lowest BCUT2D eigenvalue weighted by molar-refractivity contribution is 0.554. The van der Waals surface area contributed by atoms with Crippen LogP contribution in [-0.2, 0) is 12.8 Å². The van der Waals surface area contributed by atoms with E-state index in [-0.39, 0.29) is 5.92 Å². The Morgan fingerprint density at radius 3 is 2.48 bits per heavy atom. The molecule has 0 saturated heterocycles. The lowest BCUT2D eigenvalue weighted by atomic mass is 9.93. The van der Waals surface area contributed by atoms with Crippen LogP contribution in [0, 0.1) is 0 Å². The number of aromatic nitrogens is 8. The van der Waals surface area contributed by atoms with Crippen molar-refractivity contribution < 1.29 is 0 Å². The molecular weight excluding hydrogens is 292 g/mol. The average molecular weight is 310 g/mol. The summed E-state index contributed by atoms with van der Waals surface area (Å²) in [4.78, 5) is 0. The van der Waals surface area contributed by atoms with Crippen LogP contribution in [0.5, 0.6) is 0 Å². The molecule has 1 atom stereocenters. The van der Waals surface area contributed by atoms with Gasteiger partial charge in [0.25, 0.3) is 0 Å². The van der Waals surface area contributed by atoms with E-state index >= 15 is 0 Å². The Bertz CT molecular complexity index is 703. The number of H-pyrrole nitrogens is 2. The van der Waals surface area contributed by atoms with Gasteiger partial charge in [0, 0.05) is 12.3 Å². The number of tetrazole rings is 2. The second-order valence-corrected chi connectivity index (χ2v) is 5.37. The molecule has 0 fully saturated rings. The maximum absolute atomic E-state index is 4.08. The molecule has 2 N–H and O–H groups in total. The summed E-state index contributed by atoms with van der Waals surface area (Å²) >= 11 is 0. The smallest absolute Gasteiger partial charge is 0.151 e. The van der Waals surface area contributed by atoms with Crippen LogP contribution >= 0.6 is 0 Å². The zero-order valence-electron chi connectivity index (χ0n) is 12.7. The highest BCUT2D eigenvalue weighted by atomic mass is 15.5. The largest absolute Gasteiger partial charge is 0.243 e. The van der Waals surface area contributed by atoms with Gasteiger partial charge in [-0.25, -0.2) is 10.2 Å². The highest BCUT2D eigenvalue weighted by molar-refractivity contribution is 5.47.